The van der Waals surface area contributed by atoms with Crippen LogP contribution in [0.1, 0.15) is 22.3 Å². The van der Waals surface area contributed by atoms with Gasteiger partial charge in [0.2, 0.25) is 0 Å². The highest BCUT2D eigenvalue weighted by molar-refractivity contribution is 5.74. The summed E-state index contributed by atoms with van der Waals surface area (Å²) in [5, 5.41) is 8.57. The summed E-state index contributed by atoms with van der Waals surface area (Å²) < 4.78 is 37.4. The highest BCUT2D eigenvalue weighted by Gasteiger charge is 2.11. The topological polar surface area (TPSA) is 59.3 Å². The minimum Gasteiger partial charge on any atom is -0.493 e. The Kier molecular flexibility index (Phi) is 5.64. The summed E-state index contributed by atoms with van der Waals surface area (Å²) in [4.78, 5) is 10.5. The Morgan fingerprint density at radius 2 is 1.57 bits per heavy atom. The summed E-state index contributed by atoms with van der Waals surface area (Å²) in [5.74, 6) is -1.26. The van der Waals surface area contributed by atoms with E-state index in [1.165, 1.54) is 6.07 Å². The van der Waals surface area contributed by atoms with E-state index < -0.39 is 17.2 Å². The van der Waals surface area contributed by atoms with Crippen LogP contribution >= 0.6 is 0 Å². The second kappa shape index (κ2) is 7.90. The fourth-order valence-electron chi connectivity index (χ4n) is 1.82. The molecule has 0 aliphatic heterocycles. The number of nitriles is 1. The molecule has 0 N–H and O–H groups in total. The van der Waals surface area contributed by atoms with Gasteiger partial charge in [-0.3, -0.25) is 4.79 Å². The maximum Gasteiger partial charge on any atom is 0.150 e. The quantitative estimate of drug-likeness (QED) is 0.579. The second-order valence-electron chi connectivity index (χ2n) is 4.61. The van der Waals surface area contributed by atoms with Crippen LogP contribution < -0.4 is 9.47 Å². The van der Waals surface area contributed by atoms with Gasteiger partial charge in [0.25, 0.3) is 0 Å². The maximum absolute atomic E-state index is 13.4. The average molecular weight is 317 g/mol. The number of rotatable bonds is 7. The van der Waals surface area contributed by atoms with Crippen molar-refractivity contribution in [3.8, 4) is 17.6 Å². The third-order valence-corrected chi connectivity index (χ3v) is 2.97. The lowest BCUT2D eigenvalue weighted by atomic mass is 10.2. The number of hydrogen-bond donors (Lipinski definition) is 0. The molecule has 0 saturated heterocycles. The van der Waals surface area contributed by atoms with Gasteiger partial charge in [0.15, 0.2) is 0 Å². The van der Waals surface area contributed by atoms with E-state index in [1.54, 1.807) is 24.3 Å². The summed E-state index contributed by atoms with van der Waals surface area (Å²) in [5.41, 5.74) is -0.0648. The summed E-state index contributed by atoms with van der Waals surface area (Å²) in [6, 6.07) is 10.0. The largest absolute Gasteiger partial charge is 0.493 e. The number of ether oxygens (including phenoxy) is 2. The summed E-state index contributed by atoms with van der Waals surface area (Å²) in [7, 11) is 0. The number of nitrogens with zero attached hydrogens (tertiary/aromatic N) is 1. The Labute approximate surface area is 131 Å². The number of aldehydes is 1. The Morgan fingerprint density at radius 3 is 2.09 bits per heavy atom. The summed E-state index contributed by atoms with van der Waals surface area (Å²) in [6.45, 7) is 0.554. The highest BCUT2D eigenvalue weighted by atomic mass is 19.1. The molecule has 2 rings (SSSR count). The molecule has 0 radical (unpaired) electrons. The predicted molar refractivity (Wildman–Crippen MR) is 78.5 cm³/mol. The van der Waals surface area contributed by atoms with Crippen molar-refractivity contribution in [3.05, 3.63) is 59.2 Å². The minimum atomic E-state index is -0.950. The van der Waals surface area contributed by atoms with E-state index in [0.29, 0.717) is 24.3 Å². The number of halogens is 2. The van der Waals surface area contributed by atoms with Crippen molar-refractivity contribution in [3.63, 3.8) is 0 Å². The van der Waals surface area contributed by atoms with Crippen molar-refractivity contribution in [1.29, 1.82) is 5.26 Å². The normalized spacial score (nSPS) is 9.96. The SMILES string of the molecule is N#Cc1c(F)cc(OCCCOc2ccc(C=O)cc2)cc1F. The van der Waals surface area contributed by atoms with Crippen LogP contribution in [0.5, 0.6) is 11.5 Å². The van der Waals surface area contributed by atoms with Gasteiger partial charge in [0.1, 0.15) is 41.1 Å². The molecular weight excluding hydrogens is 304 g/mol. The van der Waals surface area contributed by atoms with Gasteiger partial charge >= 0.3 is 0 Å². The van der Waals surface area contributed by atoms with E-state index in [4.69, 9.17) is 14.7 Å². The molecule has 0 aliphatic carbocycles. The summed E-state index contributed by atoms with van der Waals surface area (Å²) in [6.07, 6.45) is 1.24. The molecule has 2 aromatic rings. The highest BCUT2D eigenvalue weighted by Crippen LogP contribution is 2.20. The van der Waals surface area contributed by atoms with Crippen LogP contribution in [-0.2, 0) is 0 Å². The molecular formula is C17H13F2NO3. The van der Waals surface area contributed by atoms with Crippen molar-refractivity contribution in [2.75, 3.05) is 13.2 Å². The molecule has 0 aromatic heterocycles. The standard InChI is InChI=1S/C17H13F2NO3/c18-16-8-14(9-17(19)15(16)10-20)23-7-1-6-22-13-4-2-12(11-21)3-5-13/h2-5,8-9,11H,1,6-7H2. The van der Waals surface area contributed by atoms with Crippen LogP contribution in [0.25, 0.3) is 0 Å². The molecule has 0 saturated carbocycles. The van der Waals surface area contributed by atoms with Gasteiger partial charge in [-0.1, -0.05) is 0 Å². The van der Waals surface area contributed by atoms with Gasteiger partial charge in [-0.25, -0.2) is 8.78 Å². The van der Waals surface area contributed by atoms with Crippen LogP contribution in [0.2, 0.25) is 0 Å². The minimum absolute atomic E-state index is 0.0225. The first-order valence-corrected chi connectivity index (χ1v) is 6.84. The Bertz CT molecular complexity index is 701. The first-order valence-electron chi connectivity index (χ1n) is 6.84. The van der Waals surface area contributed by atoms with Crippen LogP contribution in [0, 0.1) is 23.0 Å². The Balaban J connectivity index is 1.77. The molecule has 4 nitrogen and oxygen atoms in total. The molecule has 0 heterocycles. The summed E-state index contributed by atoms with van der Waals surface area (Å²) >= 11 is 0. The Morgan fingerprint density at radius 1 is 1.00 bits per heavy atom. The zero-order valence-corrected chi connectivity index (χ0v) is 12.1. The fraction of sp³-hybridized carbons (Fsp3) is 0.176. The lowest BCUT2D eigenvalue weighted by Crippen LogP contribution is -2.05. The van der Waals surface area contributed by atoms with E-state index >= 15 is 0 Å². The first-order chi connectivity index (χ1) is 11.1. The van der Waals surface area contributed by atoms with Crippen LogP contribution in [0.4, 0.5) is 8.78 Å². The third-order valence-electron chi connectivity index (χ3n) is 2.97. The monoisotopic (exact) mass is 317 g/mol. The van der Waals surface area contributed by atoms with Gasteiger partial charge < -0.3 is 9.47 Å². The number of carbonyl (C=O) groups excluding carboxylic acids is 1. The first kappa shape index (κ1) is 16.4. The van der Waals surface area contributed by atoms with Gasteiger partial charge in [-0.2, -0.15) is 5.26 Å². The van der Waals surface area contributed by atoms with Gasteiger partial charge in [0.05, 0.1) is 13.2 Å². The molecule has 0 atom stereocenters. The van der Waals surface area contributed by atoms with Gasteiger partial charge in [-0.05, 0) is 24.3 Å². The number of carbonyl (C=O) groups is 1. The fourth-order valence-corrected chi connectivity index (χ4v) is 1.82. The van der Waals surface area contributed by atoms with Crippen molar-refractivity contribution in [2.45, 2.75) is 6.42 Å². The molecule has 0 amide bonds. The Hall–Kier alpha value is -2.94. The predicted octanol–water partition coefficient (Wildman–Crippen LogP) is 3.50. The van der Waals surface area contributed by atoms with Crippen molar-refractivity contribution in [2.24, 2.45) is 0 Å². The van der Waals surface area contributed by atoms with E-state index in [2.05, 4.69) is 0 Å². The average Bonchev–Trinajstić information content (AvgIpc) is 2.55. The van der Waals surface area contributed by atoms with Crippen molar-refractivity contribution < 1.29 is 23.0 Å². The molecule has 2 aromatic carbocycles. The van der Waals surface area contributed by atoms with Gasteiger partial charge in [-0.15, -0.1) is 0 Å². The van der Waals surface area contributed by atoms with E-state index in [9.17, 15) is 13.6 Å². The van der Waals surface area contributed by atoms with E-state index in [0.717, 1.165) is 18.4 Å². The van der Waals surface area contributed by atoms with Crippen LogP contribution in [-0.4, -0.2) is 19.5 Å². The van der Waals surface area contributed by atoms with Crippen LogP contribution in [0.3, 0.4) is 0 Å². The lowest BCUT2D eigenvalue weighted by Gasteiger charge is -2.09. The molecule has 0 unspecified atom stereocenters. The number of hydrogen-bond acceptors (Lipinski definition) is 4. The molecule has 6 heteroatoms. The molecule has 118 valence electrons. The smallest absolute Gasteiger partial charge is 0.150 e. The lowest BCUT2D eigenvalue weighted by molar-refractivity contribution is 0.112. The molecule has 0 aliphatic rings. The zero-order valence-electron chi connectivity index (χ0n) is 12.1. The molecule has 0 fully saturated rings. The van der Waals surface area contributed by atoms with Gasteiger partial charge in [0, 0.05) is 24.1 Å². The zero-order chi connectivity index (χ0) is 16.7. The van der Waals surface area contributed by atoms with Crippen LogP contribution in [0.15, 0.2) is 36.4 Å². The maximum atomic E-state index is 13.4. The van der Waals surface area contributed by atoms with E-state index in [-0.39, 0.29) is 12.4 Å². The third kappa shape index (κ3) is 4.51. The molecule has 23 heavy (non-hydrogen) atoms. The van der Waals surface area contributed by atoms with Crippen molar-refractivity contribution >= 4 is 6.29 Å². The molecule has 0 spiro atoms. The number of benzene rings is 2. The molecule has 0 bridgehead atoms. The van der Waals surface area contributed by atoms with E-state index in [1.807, 2.05) is 0 Å². The van der Waals surface area contributed by atoms with Crippen molar-refractivity contribution in [1.82, 2.24) is 0 Å². The second-order valence-corrected chi connectivity index (χ2v) is 4.61.